The van der Waals surface area contributed by atoms with Gasteiger partial charge in [0.15, 0.2) is 0 Å². The summed E-state index contributed by atoms with van der Waals surface area (Å²) in [4.78, 5) is 0.376. The lowest BCUT2D eigenvalue weighted by atomic mass is 9.85. The average Bonchev–Trinajstić information content (AvgIpc) is 2.38. The highest BCUT2D eigenvalue weighted by atomic mass is 35.5. The Morgan fingerprint density at radius 3 is 2.35 bits per heavy atom. The van der Waals surface area contributed by atoms with Crippen molar-refractivity contribution in [2.45, 2.75) is 42.9 Å². The van der Waals surface area contributed by atoms with Gasteiger partial charge in [0.05, 0.1) is 4.90 Å². The molecule has 2 rings (SSSR count). The third-order valence-corrected chi connectivity index (χ3v) is 6.06. The van der Waals surface area contributed by atoms with E-state index in [-0.39, 0.29) is 5.38 Å². The number of alkyl halides is 1. The molecule has 5 heteroatoms. The highest BCUT2D eigenvalue weighted by Crippen LogP contribution is 2.33. The predicted octanol–water partition coefficient (Wildman–Crippen LogP) is 3.28. The number of halogens is 1. The van der Waals surface area contributed by atoms with E-state index in [0.29, 0.717) is 17.4 Å². The first-order chi connectivity index (χ1) is 9.43. The summed E-state index contributed by atoms with van der Waals surface area (Å²) in [6, 6.07) is 7.23. The smallest absolute Gasteiger partial charge is 0.207 e. The van der Waals surface area contributed by atoms with Crippen LogP contribution < -0.4 is 0 Å². The fourth-order valence-corrected chi connectivity index (χ4v) is 4.31. The molecule has 1 aromatic rings. The van der Waals surface area contributed by atoms with E-state index in [1.807, 2.05) is 12.1 Å². The Labute approximate surface area is 127 Å². The largest absolute Gasteiger partial charge is 0.242 e. The molecule has 0 N–H and O–H groups in total. The molecule has 0 radical (unpaired) electrons. The van der Waals surface area contributed by atoms with E-state index >= 15 is 0 Å². The maximum absolute atomic E-state index is 12.5. The number of rotatable bonds is 6. The summed E-state index contributed by atoms with van der Waals surface area (Å²) in [5.41, 5.74) is 1.18. The van der Waals surface area contributed by atoms with E-state index in [1.54, 1.807) is 19.2 Å². The lowest BCUT2D eigenvalue weighted by molar-refractivity contribution is 0.268. The van der Waals surface area contributed by atoms with Gasteiger partial charge in [-0.3, -0.25) is 0 Å². The molecule has 3 nitrogen and oxygen atoms in total. The van der Waals surface area contributed by atoms with Crippen LogP contribution in [0.15, 0.2) is 29.2 Å². The first kappa shape index (κ1) is 15.8. The van der Waals surface area contributed by atoms with E-state index in [0.717, 1.165) is 25.7 Å². The number of hydrogen-bond acceptors (Lipinski definition) is 2. The maximum atomic E-state index is 12.5. The van der Waals surface area contributed by atoms with Crippen molar-refractivity contribution in [3.05, 3.63) is 29.8 Å². The first-order valence-electron chi connectivity index (χ1n) is 7.12. The van der Waals surface area contributed by atoms with Crippen LogP contribution in [0.1, 0.15) is 31.7 Å². The standard InChI is InChI=1S/C15H22ClNO2S/c1-3-4-12-5-7-15(8-6-12)20(18,19)17(2)11-13-9-14(16)10-13/h5-8,13-14H,3-4,9-11H2,1-2H3. The predicted molar refractivity (Wildman–Crippen MR) is 82.6 cm³/mol. The molecule has 0 spiro atoms. The monoisotopic (exact) mass is 315 g/mol. The molecule has 1 aromatic carbocycles. The summed E-state index contributed by atoms with van der Waals surface area (Å²) in [6.07, 6.45) is 3.87. The Kier molecular flexibility index (Phi) is 5.10. The van der Waals surface area contributed by atoms with Crippen molar-refractivity contribution >= 4 is 21.6 Å². The van der Waals surface area contributed by atoms with Crippen LogP contribution in [0, 0.1) is 5.92 Å². The topological polar surface area (TPSA) is 37.4 Å². The second-order valence-corrected chi connectivity index (χ2v) is 8.28. The van der Waals surface area contributed by atoms with Crippen molar-refractivity contribution in [3.63, 3.8) is 0 Å². The molecule has 1 aliphatic rings. The van der Waals surface area contributed by atoms with Crippen molar-refractivity contribution in [2.75, 3.05) is 13.6 Å². The molecular weight excluding hydrogens is 294 g/mol. The average molecular weight is 316 g/mol. The molecule has 20 heavy (non-hydrogen) atoms. The molecule has 0 amide bonds. The number of aryl methyl sites for hydroxylation is 1. The highest BCUT2D eigenvalue weighted by Gasteiger charge is 2.31. The second kappa shape index (κ2) is 6.46. The van der Waals surface area contributed by atoms with Gasteiger partial charge in [0.25, 0.3) is 0 Å². The van der Waals surface area contributed by atoms with Gasteiger partial charge in [0.2, 0.25) is 10.0 Å². The third kappa shape index (κ3) is 3.54. The Morgan fingerprint density at radius 2 is 1.85 bits per heavy atom. The van der Waals surface area contributed by atoms with Crippen LogP contribution in [0.3, 0.4) is 0 Å². The number of nitrogens with zero attached hydrogens (tertiary/aromatic N) is 1. The minimum atomic E-state index is -3.37. The Balaban J connectivity index is 2.04. The van der Waals surface area contributed by atoms with E-state index in [9.17, 15) is 8.42 Å². The zero-order chi connectivity index (χ0) is 14.8. The van der Waals surface area contributed by atoms with Crippen LogP contribution in [0.5, 0.6) is 0 Å². The SMILES string of the molecule is CCCc1ccc(S(=O)(=O)N(C)CC2CC(Cl)C2)cc1. The summed E-state index contributed by atoms with van der Waals surface area (Å²) in [7, 11) is -1.72. The Bertz CT molecular complexity index is 535. The van der Waals surface area contributed by atoms with Crippen molar-refractivity contribution in [1.29, 1.82) is 0 Å². The number of hydrogen-bond donors (Lipinski definition) is 0. The Hall–Kier alpha value is -0.580. The quantitative estimate of drug-likeness (QED) is 0.755. The van der Waals surface area contributed by atoms with Gasteiger partial charge in [-0.15, -0.1) is 11.6 Å². The molecule has 0 aromatic heterocycles. The fourth-order valence-electron chi connectivity index (χ4n) is 2.56. The zero-order valence-corrected chi connectivity index (χ0v) is 13.6. The number of benzene rings is 1. The van der Waals surface area contributed by atoms with Gasteiger partial charge in [-0.05, 0) is 42.9 Å². The molecule has 1 saturated carbocycles. The maximum Gasteiger partial charge on any atom is 0.242 e. The van der Waals surface area contributed by atoms with Crippen LogP contribution in [0.25, 0.3) is 0 Å². The van der Waals surface area contributed by atoms with Gasteiger partial charge in [-0.1, -0.05) is 25.5 Å². The molecule has 0 bridgehead atoms. The molecular formula is C15H22ClNO2S. The summed E-state index contributed by atoms with van der Waals surface area (Å²) in [6.45, 7) is 2.67. The summed E-state index contributed by atoms with van der Waals surface area (Å²) >= 11 is 5.94. The van der Waals surface area contributed by atoms with Gasteiger partial charge >= 0.3 is 0 Å². The van der Waals surface area contributed by atoms with Crippen molar-refractivity contribution in [1.82, 2.24) is 4.31 Å². The molecule has 1 aliphatic carbocycles. The second-order valence-electron chi connectivity index (χ2n) is 5.61. The van der Waals surface area contributed by atoms with Gasteiger partial charge in [0.1, 0.15) is 0 Å². The Morgan fingerprint density at radius 1 is 1.25 bits per heavy atom. The van der Waals surface area contributed by atoms with Gasteiger partial charge in [-0.25, -0.2) is 12.7 Å². The van der Waals surface area contributed by atoms with Crippen LogP contribution >= 0.6 is 11.6 Å². The van der Waals surface area contributed by atoms with E-state index in [4.69, 9.17) is 11.6 Å². The van der Waals surface area contributed by atoms with Crippen LogP contribution in [-0.2, 0) is 16.4 Å². The third-order valence-electron chi connectivity index (χ3n) is 3.86. The first-order valence-corrected chi connectivity index (χ1v) is 9.00. The van der Waals surface area contributed by atoms with Gasteiger partial charge in [-0.2, -0.15) is 0 Å². The van der Waals surface area contributed by atoms with Gasteiger partial charge < -0.3 is 0 Å². The molecule has 0 aliphatic heterocycles. The normalized spacial score (nSPS) is 22.8. The lowest BCUT2D eigenvalue weighted by Gasteiger charge is -2.33. The van der Waals surface area contributed by atoms with Crippen LogP contribution in [0.2, 0.25) is 0 Å². The van der Waals surface area contributed by atoms with E-state index < -0.39 is 10.0 Å². The molecule has 1 fully saturated rings. The molecule has 112 valence electrons. The highest BCUT2D eigenvalue weighted by molar-refractivity contribution is 7.89. The molecule has 0 saturated heterocycles. The molecule has 0 unspecified atom stereocenters. The van der Waals surface area contributed by atoms with E-state index in [2.05, 4.69) is 6.92 Å². The van der Waals surface area contributed by atoms with Crippen LogP contribution in [0.4, 0.5) is 0 Å². The van der Waals surface area contributed by atoms with Crippen molar-refractivity contribution in [3.8, 4) is 0 Å². The lowest BCUT2D eigenvalue weighted by Crippen LogP contribution is -2.37. The van der Waals surface area contributed by atoms with Gasteiger partial charge in [0, 0.05) is 19.0 Å². The number of sulfonamides is 1. The molecule has 0 atom stereocenters. The summed E-state index contributed by atoms with van der Waals surface area (Å²) < 4.78 is 26.4. The molecule has 0 heterocycles. The zero-order valence-electron chi connectivity index (χ0n) is 12.0. The van der Waals surface area contributed by atoms with Crippen molar-refractivity contribution in [2.24, 2.45) is 5.92 Å². The minimum Gasteiger partial charge on any atom is -0.207 e. The van der Waals surface area contributed by atoms with E-state index in [1.165, 1.54) is 9.87 Å². The summed E-state index contributed by atoms with van der Waals surface area (Å²) in [5.74, 6) is 0.400. The fraction of sp³-hybridized carbons (Fsp3) is 0.600. The summed E-state index contributed by atoms with van der Waals surface area (Å²) in [5, 5.41) is 0.226. The minimum absolute atomic E-state index is 0.226. The van der Waals surface area contributed by atoms with Crippen molar-refractivity contribution < 1.29 is 8.42 Å². The van der Waals surface area contributed by atoms with Crippen LogP contribution in [-0.4, -0.2) is 31.7 Å².